The molecule has 0 bridgehead atoms. The average Bonchev–Trinajstić information content (AvgIpc) is 2.89. The minimum absolute atomic E-state index is 0.0509. The van der Waals surface area contributed by atoms with Crippen molar-refractivity contribution >= 4 is 23.4 Å². The molecule has 0 saturated heterocycles. The van der Waals surface area contributed by atoms with Gasteiger partial charge in [0.05, 0.1) is 6.10 Å². The summed E-state index contributed by atoms with van der Waals surface area (Å²) in [6.07, 6.45) is 11.4. The molecule has 0 spiro atoms. The van der Waals surface area contributed by atoms with Crippen molar-refractivity contribution in [2.45, 2.75) is 85.1 Å². The fraction of sp³-hybridized carbons (Fsp3) is 0.517. The standard InChI is InChI=1S/C20H25ClF2N4O2.C6H14O.C3H8/c1-6-16(29-20(21,22)23)8-7-9-26-19(28)15-10-17(14(3)27-11-15)18(12-24-4)13(2)25-5;1-3-5-6(7)4-2;1-3-2/h6-12,19,25-26,28H,1H2,2-5H3;6-7H,3-5H2,1-2H3;3H2,1-2H3/b9-7+,16-8+,18-13+,24-12?;;. The smallest absolute Gasteiger partial charge is 0.420 e. The molecular formula is C29H47ClF2N4O3. The van der Waals surface area contributed by atoms with Gasteiger partial charge >= 0.3 is 5.57 Å². The first-order chi connectivity index (χ1) is 18.3. The van der Waals surface area contributed by atoms with Crippen molar-refractivity contribution in [3.63, 3.8) is 0 Å². The Morgan fingerprint density at radius 1 is 1.28 bits per heavy atom. The fourth-order valence-corrected chi connectivity index (χ4v) is 2.89. The molecule has 0 fully saturated rings. The van der Waals surface area contributed by atoms with E-state index in [1.807, 2.05) is 27.8 Å². The third-order valence-corrected chi connectivity index (χ3v) is 4.97. The van der Waals surface area contributed by atoms with E-state index in [4.69, 9.17) is 16.7 Å². The fourth-order valence-electron chi connectivity index (χ4n) is 2.80. The molecule has 2 atom stereocenters. The van der Waals surface area contributed by atoms with Gasteiger partial charge in [-0.15, -0.1) is 8.78 Å². The number of nitrogens with one attached hydrogen (secondary N) is 2. The van der Waals surface area contributed by atoms with Crippen molar-refractivity contribution in [2.24, 2.45) is 4.99 Å². The predicted molar refractivity (Wildman–Crippen MR) is 160 cm³/mol. The summed E-state index contributed by atoms with van der Waals surface area (Å²) < 4.78 is 29.5. The van der Waals surface area contributed by atoms with E-state index < -0.39 is 11.8 Å². The number of hydrogen-bond acceptors (Lipinski definition) is 7. The molecule has 0 amide bonds. The average molecular weight is 573 g/mol. The van der Waals surface area contributed by atoms with Gasteiger partial charge in [0.2, 0.25) is 0 Å². The molecule has 222 valence electrons. The van der Waals surface area contributed by atoms with Crippen molar-refractivity contribution in [1.29, 1.82) is 0 Å². The minimum Gasteiger partial charge on any atom is -0.420 e. The molecule has 1 rings (SSSR count). The highest BCUT2D eigenvalue weighted by atomic mass is 35.5. The maximum absolute atomic E-state index is 12.6. The Labute approximate surface area is 238 Å². The third-order valence-electron chi connectivity index (χ3n) is 4.89. The number of nitrogens with zero attached hydrogens (tertiary/aromatic N) is 2. The summed E-state index contributed by atoms with van der Waals surface area (Å²) in [6, 6.07) is 1.80. The van der Waals surface area contributed by atoms with Gasteiger partial charge in [-0.1, -0.05) is 47.1 Å². The minimum atomic E-state index is -3.83. The van der Waals surface area contributed by atoms with Crippen LogP contribution in [-0.4, -0.2) is 47.2 Å². The third kappa shape index (κ3) is 18.2. The van der Waals surface area contributed by atoms with Crippen LogP contribution in [0.4, 0.5) is 8.78 Å². The second-order valence-corrected chi connectivity index (χ2v) is 8.82. The maximum Gasteiger partial charge on any atom is 0.487 e. The van der Waals surface area contributed by atoms with Gasteiger partial charge in [0, 0.05) is 66.2 Å². The Kier molecular flexibility index (Phi) is 21.8. The molecule has 2 unspecified atom stereocenters. The van der Waals surface area contributed by atoms with Crippen LogP contribution in [0.2, 0.25) is 0 Å². The van der Waals surface area contributed by atoms with Gasteiger partial charge < -0.3 is 25.6 Å². The number of aliphatic hydroxyl groups excluding tert-OH is 2. The molecule has 0 aliphatic carbocycles. The lowest BCUT2D eigenvalue weighted by atomic mass is 10.0. The summed E-state index contributed by atoms with van der Waals surface area (Å²) in [6.45, 7) is 15.5. The number of hydrogen-bond donors (Lipinski definition) is 4. The van der Waals surface area contributed by atoms with Gasteiger partial charge in [0.25, 0.3) is 0 Å². The van der Waals surface area contributed by atoms with Crippen LogP contribution in [0.15, 0.2) is 59.7 Å². The monoisotopic (exact) mass is 572 g/mol. The van der Waals surface area contributed by atoms with Crippen molar-refractivity contribution in [1.82, 2.24) is 15.6 Å². The van der Waals surface area contributed by atoms with E-state index in [2.05, 4.69) is 52.7 Å². The molecular weight excluding hydrogens is 526 g/mol. The molecule has 10 heteroatoms. The molecule has 1 heterocycles. The Hall–Kier alpha value is -2.75. The molecule has 1 aromatic heterocycles. The molecule has 4 N–H and O–H groups in total. The van der Waals surface area contributed by atoms with E-state index in [9.17, 15) is 13.9 Å². The first-order valence-electron chi connectivity index (χ1n) is 13.0. The van der Waals surface area contributed by atoms with Crippen LogP contribution >= 0.6 is 11.6 Å². The van der Waals surface area contributed by atoms with Crippen molar-refractivity contribution in [2.75, 3.05) is 14.1 Å². The maximum atomic E-state index is 12.6. The summed E-state index contributed by atoms with van der Waals surface area (Å²) in [4.78, 5) is 8.42. The van der Waals surface area contributed by atoms with E-state index in [0.717, 1.165) is 47.9 Å². The Morgan fingerprint density at radius 3 is 2.33 bits per heavy atom. The molecule has 0 aliphatic heterocycles. The van der Waals surface area contributed by atoms with Crippen molar-refractivity contribution in [3.8, 4) is 0 Å². The number of aliphatic hydroxyl groups is 2. The van der Waals surface area contributed by atoms with E-state index in [0.29, 0.717) is 5.56 Å². The van der Waals surface area contributed by atoms with Crippen LogP contribution in [0, 0.1) is 6.92 Å². The highest BCUT2D eigenvalue weighted by Gasteiger charge is 2.27. The Bertz CT molecular complexity index is 945. The lowest BCUT2D eigenvalue weighted by molar-refractivity contribution is -0.136. The molecule has 0 saturated carbocycles. The number of rotatable bonds is 13. The molecule has 1 aromatic rings. The van der Waals surface area contributed by atoms with E-state index in [1.165, 1.54) is 24.8 Å². The van der Waals surface area contributed by atoms with Gasteiger partial charge in [0.15, 0.2) is 6.23 Å². The van der Waals surface area contributed by atoms with Gasteiger partial charge in [-0.2, -0.15) is 0 Å². The number of pyridine rings is 1. The normalized spacial score (nSPS) is 13.9. The van der Waals surface area contributed by atoms with Crippen LogP contribution in [0.3, 0.4) is 0 Å². The quantitative estimate of drug-likeness (QED) is 0.0669. The van der Waals surface area contributed by atoms with Crippen LogP contribution in [0.25, 0.3) is 5.57 Å². The summed E-state index contributed by atoms with van der Waals surface area (Å²) in [5.41, 5.74) is 0.0247. The first-order valence-corrected chi connectivity index (χ1v) is 13.4. The van der Waals surface area contributed by atoms with Crippen LogP contribution < -0.4 is 10.6 Å². The lowest BCUT2D eigenvalue weighted by Crippen LogP contribution is -2.16. The number of ether oxygens (including phenoxy) is 1. The predicted octanol–water partition coefficient (Wildman–Crippen LogP) is 6.98. The van der Waals surface area contributed by atoms with E-state index in [-0.39, 0.29) is 11.9 Å². The second kappa shape index (κ2) is 22.1. The Morgan fingerprint density at radius 2 is 1.90 bits per heavy atom. The first kappa shape index (κ1) is 38.4. The van der Waals surface area contributed by atoms with Crippen LogP contribution in [0.5, 0.6) is 0 Å². The zero-order valence-electron chi connectivity index (χ0n) is 24.6. The van der Waals surface area contributed by atoms with E-state index in [1.54, 1.807) is 25.5 Å². The highest BCUT2D eigenvalue weighted by molar-refractivity contribution is 6.20. The zero-order valence-corrected chi connectivity index (χ0v) is 25.3. The molecule has 7 nitrogen and oxygen atoms in total. The van der Waals surface area contributed by atoms with Crippen molar-refractivity contribution in [3.05, 3.63) is 71.5 Å². The topological polar surface area (TPSA) is 99.0 Å². The number of halogens is 3. The zero-order chi connectivity index (χ0) is 30.4. The van der Waals surface area contributed by atoms with Gasteiger partial charge in [-0.05, 0) is 57.2 Å². The number of allylic oxidation sites excluding steroid dienone is 5. The van der Waals surface area contributed by atoms with E-state index >= 15 is 0 Å². The summed E-state index contributed by atoms with van der Waals surface area (Å²) in [5, 5.41) is 25.0. The SMILES string of the molecule is C=C/C(=C\C=C\NC(O)c1cnc(C)c(/C(C=NC)=C(\C)NC)c1)OC(F)(F)Cl.CCC.CCCC(O)CC. The molecule has 0 radical (unpaired) electrons. The van der Waals surface area contributed by atoms with Gasteiger partial charge in [-0.25, -0.2) is 0 Å². The summed E-state index contributed by atoms with van der Waals surface area (Å²) >= 11 is 4.71. The van der Waals surface area contributed by atoms with Crippen molar-refractivity contribution < 1.29 is 23.7 Å². The molecule has 39 heavy (non-hydrogen) atoms. The van der Waals surface area contributed by atoms with Gasteiger partial charge in [0.1, 0.15) is 5.76 Å². The number of alkyl halides is 3. The van der Waals surface area contributed by atoms with Crippen LogP contribution in [0.1, 0.15) is 83.4 Å². The van der Waals surface area contributed by atoms with Gasteiger partial charge in [-0.3, -0.25) is 9.98 Å². The largest absolute Gasteiger partial charge is 0.487 e. The molecule has 0 aromatic carbocycles. The highest BCUT2D eigenvalue weighted by Crippen LogP contribution is 2.24. The summed E-state index contributed by atoms with van der Waals surface area (Å²) in [7, 11) is 3.48. The molecule has 0 aliphatic rings. The second-order valence-electron chi connectivity index (χ2n) is 8.38. The Balaban J connectivity index is 0. The number of aromatic nitrogens is 1. The lowest BCUT2D eigenvalue weighted by Gasteiger charge is -2.15. The number of aliphatic imine (C=N–C) groups is 1. The van der Waals surface area contributed by atoms with Crippen LogP contribution in [-0.2, 0) is 4.74 Å². The number of aryl methyl sites for hydroxylation is 1. The summed E-state index contributed by atoms with van der Waals surface area (Å²) in [5.74, 6) is -0.229.